The zero-order valence-corrected chi connectivity index (χ0v) is 24.2. The normalized spacial score (nSPS) is 13.1. The largest absolute Gasteiger partial charge is 0.352 e. The Balaban J connectivity index is 2.24. The molecule has 204 valence electrons. The molecule has 37 heavy (non-hydrogen) atoms. The van der Waals surface area contributed by atoms with Crippen molar-refractivity contribution in [1.82, 2.24) is 10.2 Å². The third kappa shape index (κ3) is 9.18. The van der Waals surface area contributed by atoms with Gasteiger partial charge in [0.05, 0.1) is 11.9 Å². The summed E-state index contributed by atoms with van der Waals surface area (Å²) in [5.74, 6) is -0.328. The van der Waals surface area contributed by atoms with Gasteiger partial charge in [0.15, 0.2) is 0 Å². The van der Waals surface area contributed by atoms with Crippen molar-refractivity contribution >= 4 is 27.5 Å². The van der Waals surface area contributed by atoms with E-state index in [2.05, 4.69) is 5.32 Å². The number of anilines is 1. The first-order valence-corrected chi connectivity index (χ1v) is 14.9. The van der Waals surface area contributed by atoms with Gasteiger partial charge in [-0.1, -0.05) is 49.7 Å². The summed E-state index contributed by atoms with van der Waals surface area (Å²) in [6.07, 6.45) is 2.94. The molecule has 0 spiro atoms. The number of rotatable bonds is 13. The predicted octanol–water partition coefficient (Wildman–Crippen LogP) is 4.88. The minimum atomic E-state index is -3.53. The van der Waals surface area contributed by atoms with Gasteiger partial charge in [-0.05, 0) is 75.8 Å². The molecular weight excluding hydrogens is 486 g/mol. The summed E-state index contributed by atoms with van der Waals surface area (Å²) in [5, 5.41) is 3.02. The van der Waals surface area contributed by atoms with Crippen LogP contribution in [0.15, 0.2) is 42.5 Å². The van der Waals surface area contributed by atoms with Gasteiger partial charge in [0, 0.05) is 25.6 Å². The molecule has 1 N–H and O–H groups in total. The van der Waals surface area contributed by atoms with Gasteiger partial charge in [-0.15, -0.1) is 0 Å². The van der Waals surface area contributed by atoms with Gasteiger partial charge in [0.1, 0.15) is 6.04 Å². The number of carbonyl (C=O) groups is 2. The summed E-state index contributed by atoms with van der Waals surface area (Å²) in [5.41, 5.74) is 4.62. The van der Waals surface area contributed by atoms with Crippen LogP contribution in [0.2, 0.25) is 0 Å². The van der Waals surface area contributed by atoms with Crippen LogP contribution in [0.4, 0.5) is 5.69 Å². The third-order valence-corrected chi connectivity index (χ3v) is 7.70. The van der Waals surface area contributed by atoms with Crippen LogP contribution in [0.25, 0.3) is 0 Å². The lowest BCUT2D eigenvalue weighted by Gasteiger charge is -2.32. The van der Waals surface area contributed by atoms with Gasteiger partial charge in [-0.2, -0.15) is 0 Å². The first kappa shape index (κ1) is 30.4. The molecule has 0 bridgehead atoms. The van der Waals surface area contributed by atoms with Crippen molar-refractivity contribution in [2.75, 3.05) is 17.1 Å². The highest BCUT2D eigenvalue weighted by molar-refractivity contribution is 7.92. The molecule has 7 nitrogen and oxygen atoms in total. The molecule has 2 rings (SSSR count). The molecule has 0 aliphatic carbocycles. The Kier molecular flexibility index (Phi) is 11.2. The Hall–Kier alpha value is -2.87. The van der Waals surface area contributed by atoms with Crippen LogP contribution in [-0.2, 0) is 26.2 Å². The average Bonchev–Trinajstić information content (AvgIpc) is 2.81. The first-order valence-electron chi connectivity index (χ1n) is 13.1. The molecule has 2 aromatic carbocycles. The van der Waals surface area contributed by atoms with E-state index >= 15 is 0 Å². The van der Waals surface area contributed by atoms with E-state index < -0.39 is 16.1 Å². The number of sulfonamides is 1. The second-order valence-electron chi connectivity index (χ2n) is 10.0. The maximum absolute atomic E-state index is 13.5. The minimum Gasteiger partial charge on any atom is -0.352 e. The fourth-order valence-corrected chi connectivity index (χ4v) is 5.30. The first-order chi connectivity index (χ1) is 17.3. The molecule has 0 aliphatic rings. The van der Waals surface area contributed by atoms with Crippen LogP contribution in [0.1, 0.15) is 68.7 Å². The lowest BCUT2D eigenvalue weighted by molar-refractivity contribution is -0.141. The molecule has 0 saturated carbocycles. The SMILES string of the molecule is CCC(C)NC(=O)C(CC)N(Cc1ccc(C)cc1)C(=O)CCCN(c1cc(C)cc(C)c1)S(C)(=O)=O. The molecular formula is C29H43N3O4S. The highest BCUT2D eigenvalue weighted by Crippen LogP contribution is 2.22. The third-order valence-electron chi connectivity index (χ3n) is 6.51. The van der Waals surface area contributed by atoms with Crippen molar-refractivity contribution in [3.05, 3.63) is 64.7 Å². The van der Waals surface area contributed by atoms with Gasteiger partial charge in [-0.25, -0.2) is 8.42 Å². The topological polar surface area (TPSA) is 86.8 Å². The van der Waals surface area contributed by atoms with Crippen molar-refractivity contribution in [3.8, 4) is 0 Å². The van der Waals surface area contributed by atoms with Crippen LogP contribution in [-0.4, -0.2) is 50.0 Å². The molecule has 2 amide bonds. The van der Waals surface area contributed by atoms with E-state index in [1.807, 2.05) is 84.0 Å². The highest BCUT2D eigenvalue weighted by atomic mass is 32.2. The van der Waals surface area contributed by atoms with E-state index in [0.717, 1.165) is 28.7 Å². The minimum absolute atomic E-state index is 0.0129. The van der Waals surface area contributed by atoms with Crippen molar-refractivity contribution in [2.24, 2.45) is 0 Å². The van der Waals surface area contributed by atoms with E-state index in [4.69, 9.17) is 0 Å². The van der Waals surface area contributed by atoms with E-state index in [-0.39, 0.29) is 30.8 Å². The Morgan fingerprint density at radius 1 is 0.919 bits per heavy atom. The molecule has 2 unspecified atom stereocenters. The molecule has 2 atom stereocenters. The smallest absolute Gasteiger partial charge is 0.243 e. The zero-order chi connectivity index (χ0) is 27.8. The quantitative estimate of drug-likeness (QED) is 0.401. The average molecular weight is 530 g/mol. The monoisotopic (exact) mass is 529 g/mol. The Morgan fingerprint density at radius 3 is 2.03 bits per heavy atom. The Labute approximate surface area is 223 Å². The van der Waals surface area contributed by atoms with Gasteiger partial charge >= 0.3 is 0 Å². The van der Waals surface area contributed by atoms with E-state index in [9.17, 15) is 18.0 Å². The fraction of sp³-hybridized carbons (Fsp3) is 0.517. The molecule has 0 heterocycles. The van der Waals surface area contributed by atoms with Crippen molar-refractivity contribution < 1.29 is 18.0 Å². The number of hydrogen-bond acceptors (Lipinski definition) is 4. The highest BCUT2D eigenvalue weighted by Gasteiger charge is 2.29. The predicted molar refractivity (Wildman–Crippen MR) is 151 cm³/mol. The molecule has 0 fully saturated rings. The molecule has 2 aromatic rings. The van der Waals surface area contributed by atoms with E-state index in [1.165, 1.54) is 10.6 Å². The number of hydrogen-bond donors (Lipinski definition) is 1. The summed E-state index contributed by atoms with van der Waals surface area (Å²) >= 11 is 0. The number of carbonyl (C=O) groups excluding carboxylic acids is 2. The van der Waals surface area contributed by atoms with E-state index in [1.54, 1.807) is 4.90 Å². The van der Waals surface area contributed by atoms with E-state index in [0.29, 0.717) is 25.1 Å². The Bertz CT molecular complexity index is 1140. The summed E-state index contributed by atoms with van der Waals surface area (Å²) in [6.45, 7) is 12.2. The van der Waals surface area contributed by atoms with Crippen LogP contribution in [0.3, 0.4) is 0 Å². The maximum Gasteiger partial charge on any atom is 0.243 e. The fourth-order valence-electron chi connectivity index (χ4n) is 4.35. The van der Waals surface area contributed by atoms with Crippen LogP contribution in [0.5, 0.6) is 0 Å². The molecule has 0 aromatic heterocycles. The second kappa shape index (κ2) is 13.6. The lowest BCUT2D eigenvalue weighted by atomic mass is 10.1. The number of benzene rings is 2. The summed E-state index contributed by atoms with van der Waals surface area (Å²) in [7, 11) is -3.53. The number of nitrogens with one attached hydrogen (secondary N) is 1. The number of amides is 2. The molecule has 0 aliphatic heterocycles. The second-order valence-corrected chi connectivity index (χ2v) is 11.9. The van der Waals surface area contributed by atoms with Gasteiger partial charge in [0.2, 0.25) is 21.8 Å². The van der Waals surface area contributed by atoms with Crippen LogP contribution >= 0.6 is 0 Å². The number of aryl methyl sites for hydroxylation is 3. The van der Waals surface area contributed by atoms with Crippen molar-refractivity contribution in [2.45, 2.75) is 85.9 Å². The van der Waals surface area contributed by atoms with Crippen molar-refractivity contribution in [1.29, 1.82) is 0 Å². The summed E-state index contributed by atoms with van der Waals surface area (Å²) < 4.78 is 26.5. The number of nitrogens with zero attached hydrogens (tertiary/aromatic N) is 2. The lowest BCUT2D eigenvalue weighted by Crippen LogP contribution is -2.50. The molecule has 0 saturated heterocycles. The van der Waals surface area contributed by atoms with Crippen LogP contribution < -0.4 is 9.62 Å². The summed E-state index contributed by atoms with van der Waals surface area (Å²) in [4.78, 5) is 28.3. The van der Waals surface area contributed by atoms with Gasteiger partial charge in [-0.3, -0.25) is 13.9 Å². The maximum atomic E-state index is 13.5. The van der Waals surface area contributed by atoms with Gasteiger partial charge in [0.25, 0.3) is 0 Å². The molecule has 0 radical (unpaired) electrons. The zero-order valence-electron chi connectivity index (χ0n) is 23.4. The molecule has 8 heteroatoms. The Morgan fingerprint density at radius 2 is 1.51 bits per heavy atom. The summed E-state index contributed by atoms with van der Waals surface area (Å²) in [6, 6.07) is 13.0. The van der Waals surface area contributed by atoms with Gasteiger partial charge < -0.3 is 10.2 Å². The standard InChI is InChI=1S/C29H43N3O4S/c1-8-24(6)30-29(34)27(9-2)31(20-25-14-12-21(3)13-15-25)28(33)11-10-16-32(37(7,35)36)26-18-22(4)17-23(5)19-26/h12-15,17-19,24,27H,8-11,16,20H2,1-7H3,(H,30,34). The van der Waals surface area contributed by atoms with Crippen molar-refractivity contribution in [3.63, 3.8) is 0 Å². The van der Waals surface area contributed by atoms with Crippen LogP contribution in [0, 0.1) is 20.8 Å².